The number of hydrogen-bond acceptors (Lipinski definition) is 2. The lowest BCUT2D eigenvalue weighted by Gasteiger charge is -2.23. The lowest BCUT2D eigenvalue weighted by molar-refractivity contribution is -0.107. The lowest BCUT2D eigenvalue weighted by atomic mass is 10.2. The first kappa shape index (κ1) is 12.8. The van der Waals surface area contributed by atoms with Crippen molar-refractivity contribution >= 4 is 6.29 Å². The zero-order chi connectivity index (χ0) is 11.6. The Kier molecular flexibility index (Phi) is 6.31. The molecule has 2 nitrogen and oxygen atoms in total. The van der Waals surface area contributed by atoms with Crippen LogP contribution >= 0.6 is 0 Å². The van der Waals surface area contributed by atoms with Crippen LogP contribution in [0.5, 0.6) is 0 Å². The molecule has 0 saturated carbocycles. The molecule has 0 aromatic carbocycles. The molecule has 0 aliphatic carbocycles. The van der Waals surface area contributed by atoms with E-state index in [2.05, 4.69) is 11.5 Å². The molecule has 2 heteroatoms. The van der Waals surface area contributed by atoms with Crippen molar-refractivity contribution in [2.45, 2.75) is 32.1 Å². The van der Waals surface area contributed by atoms with Crippen LogP contribution in [-0.4, -0.2) is 24.3 Å². The maximum absolute atomic E-state index is 10.3. The number of allylic oxidation sites excluding steroid dienone is 4. The van der Waals surface area contributed by atoms with Crippen LogP contribution in [0, 0.1) is 0 Å². The van der Waals surface area contributed by atoms with Gasteiger partial charge in [0.25, 0.3) is 0 Å². The second-order valence-corrected chi connectivity index (χ2v) is 4.03. The highest BCUT2D eigenvalue weighted by atomic mass is 16.1. The summed E-state index contributed by atoms with van der Waals surface area (Å²) in [5, 5.41) is 0. The summed E-state index contributed by atoms with van der Waals surface area (Å²) in [6.07, 6.45) is 14.4. The molecular weight excluding hydrogens is 198 g/mol. The van der Waals surface area contributed by atoms with Gasteiger partial charge in [-0.2, -0.15) is 0 Å². The van der Waals surface area contributed by atoms with Crippen molar-refractivity contribution in [2.75, 3.05) is 13.1 Å². The fourth-order valence-corrected chi connectivity index (χ4v) is 1.96. The summed E-state index contributed by atoms with van der Waals surface area (Å²) in [4.78, 5) is 12.7. The molecule has 0 aromatic heterocycles. The predicted octanol–water partition coefficient (Wildman–Crippen LogP) is 3.08. The Morgan fingerprint density at radius 2 is 1.88 bits per heavy atom. The smallest absolute Gasteiger partial charge is 0.123 e. The van der Waals surface area contributed by atoms with E-state index in [0.717, 1.165) is 19.4 Å². The van der Waals surface area contributed by atoms with Crippen molar-refractivity contribution in [3.05, 3.63) is 36.6 Å². The van der Waals surface area contributed by atoms with Crippen LogP contribution < -0.4 is 0 Å². The summed E-state index contributed by atoms with van der Waals surface area (Å²) < 4.78 is 0. The van der Waals surface area contributed by atoms with Gasteiger partial charge in [-0.3, -0.25) is 0 Å². The summed E-state index contributed by atoms with van der Waals surface area (Å²) >= 11 is 0. The number of aldehydes is 1. The third-order valence-electron chi connectivity index (χ3n) is 2.78. The Morgan fingerprint density at radius 3 is 2.44 bits per heavy atom. The van der Waals surface area contributed by atoms with Gasteiger partial charge >= 0.3 is 0 Å². The monoisotopic (exact) mass is 219 g/mol. The van der Waals surface area contributed by atoms with E-state index in [1.54, 1.807) is 0 Å². The van der Waals surface area contributed by atoms with Gasteiger partial charge in [-0.1, -0.05) is 31.6 Å². The topological polar surface area (TPSA) is 20.3 Å². The number of hydrogen-bond donors (Lipinski definition) is 0. The van der Waals surface area contributed by atoms with Gasteiger partial charge in [-0.15, -0.1) is 0 Å². The first-order chi connectivity index (χ1) is 7.88. The molecule has 0 bridgehead atoms. The van der Waals surface area contributed by atoms with Crippen LogP contribution in [0.3, 0.4) is 0 Å². The van der Waals surface area contributed by atoms with Crippen molar-refractivity contribution < 1.29 is 4.79 Å². The molecule has 88 valence electrons. The second-order valence-electron chi connectivity index (χ2n) is 4.03. The van der Waals surface area contributed by atoms with E-state index in [9.17, 15) is 4.79 Å². The largest absolute Gasteiger partial charge is 0.372 e. The van der Waals surface area contributed by atoms with Crippen molar-refractivity contribution in [1.82, 2.24) is 4.90 Å². The van der Waals surface area contributed by atoms with E-state index >= 15 is 0 Å². The van der Waals surface area contributed by atoms with E-state index in [0.29, 0.717) is 6.42 Å². The summed E-state index contributed by atoms with van der Waals surface area (Å²) in [5.74, 6) is 0. The molecule has 0 spiro atoms. The van der Waals surface area contributed by atoms with Crippen LogP contribution in [0.4, 0.5) is 0 Å². The molecule has 1 saturated heterocycles. The van der Waals surface area contributed by atoms with Crippen LogP contribution in [0.15, 0.2) is 36.6 Å². The minimum absolute atomic E-state index is 0.488. The molecule has 0 unspecified atom stereocenters. The number of rotatable bonds is 5. The van der Waals surface area contributed by atoms with Crippen LogP contribution in [-0.2, 0) is 4.79 Å². The molecule has 0 amide bonds. The second kappa shape index (κ2) is 7.91. The fraction of sp³-hybridized carbons (Fsp3) is 0.500. The van der Waals surface area contributed by atoms with Crippen molar-refractivity contribution in [3.63, 3.8) is 0 Å². The van der Waals surface area contributed by atoms with E-state index in [1.165, 1.54) is 31.4 Å². The summed E-state index contributed by atoms with van der Waals surface area (Å²) in [6.45, 7) is 5.97. The third kappa shape index (κ3) is 4.47. The molecule has 1 heterocycles. The maximum atomic E-state index is 10.3. The minimum atomic E-state index is 0.488. The summed E-state index contributed by atoms with van der Waals surface area (Å²) in [5.41, 5.74) is 1.18. The van der Waals surface area contributed by atoms with Crippen LogP contribution in [0.2, 0.25) is 0 Å². The van der Waals surface area contributed by atoms with Gasteiger partial charge in [-0.05, 0) is 25.0 Å². The Bertz CT molecular complexity index is 270. The Hall–Kier alpha value is -1.31. The van der Waals surface area contributed by atoms with E-state index in [4.69, 9.17) is 0 Å². The average Bonchev–Trinajstić information content (AvgIpc) is 2.57. The first-order valence-electron chi connectivity index (χ1n) is 6.06. The number of likely N-dealkylation sites (tertiary alicyclic amines) is 1. The number of nitrogens with zero attached hydrogens (tertiary/aromatic N) is 1. The van der Waals surface area contributed by atoms with Gasteiger partial charge < -0.3 is 9.69 Å². The highest BCUT2D eigenvalue weighted by molar-refractivity contribution is 5.52. The van der Waals surface area contributed by atoms with Crippen molar-refractivity contribution in [2.24, 2.45) is 0 Å². The minimum Gasteiger partial charge on any atom is -0.372 e. The molecule has 0 aromatic rings. The average molecular weight is 219 g/mol. The van der Waals surface area contributed by atoms with Gasteiger partial charge in [0.05, 0.1) is 0 Å². The third-order valence-corrected chi connectivity index (χ3v) is 2.78. The van der Waals surface area contributed by atoms with Crippen molar-refractivity contribution in [3.8, 4) is 0 Å². The van der Waals surface area contributed by atoms with Crippen molar-refractivity contribution in [1.29, 1.82) is 0 Å². The molecule has 1 rings (SSSR count). The van der Waals surface area contributed by atoms with E-state index in [1.807, 2.05) is 24.3 Å². The zero-order valence-electron chi connectivity index (χ0n) is 9.90. The molecule has 1 aliphatic rings. The molecule has 0 atom stereocenters. The maximum Gasteiger partial charge on any atom is 0.123 e. The van der Waals surface area contributed by atoms with Gasteiger partial charge in [0.1, 0.15) is 6.29 Å². The highest BCUT2D eigenvalue weighted by Gasteiger charge is 2.09. The van der Waals surface area contributed by atoms with Gasteiger partial charge in [0.15, 0.2) is 0 Å². The number of carbonyl (C=O) groups is 1. The quantitative estimate of drug-likeness (QED) is 0.523. The lowest BCUT2D eigenvalue weighted by Crippen LogP contribution is -2.22. The zero-order valence-corrected chi connectivity index (χ0v) is 9.90. The fourth-order valence-electron chi connectivity index (χ4n) is 1.96. The molecule has 16 heavy (non-hydrogen) atoms. The Labute approximate surface area is 98.3 Å². The normalized spacial score (nSPS) is 18.5. The standard InChI is InChI=1S/C14H21NO/c1-2-9-14(10-5-8-13-16)15-11-6-3-4-7-12-15/h2,5,9-10,13H,1,3-4,6-8,11-12H2/b10-5-,14-9+. The molecule has 0 N–H and O–H groups in total. The van der Waals surface area contributed by atoms with Gasteiger partial charge in [-0.25, -0.2) is 0 Å². The molecular formula is C14H21NO. The predicted molar refractivity (Wildman–Crippen MR) is 68.1 cm³/mol. The van der Waals surface area contributed by atoms with Gasteiger partial charge in [0, 0.05) is 25.2 Å². The molecule has 1 aliphatic heterocycles. The first-order valence-corrected chi connectivity index (χ1v) is 6.06. The summed E-state index contributed by atoms with van der Waals surface area (Å²) in [7, 11) is 0. The van der Waals surface area contributed by atoms with E-state index < -0.39 is 0 Å². The molecule has 0 radical (unpaired) electrons. The van der Waals surface area contributed by atoms with Crippen LogP contribution in [0.25, 0.3) is 0 Å². The molecule has 1 fully saturated rings. The van der Waals surface area contributed by atoms with E-state index in [-0.39, 0.29) is 0 Å². The number of carbonyl (C=O) groups excluding carboxylic acids is 1. The highest BCUT2D eigenvalue weighted by Crippen LogP contribution is 2.15. The Morgan fingerprint density at radius 1 is 1.19 bits per heavy atom. The summed E-state index contributed by atoms with van der Waals surface area (Å²) in [6, 6.07) is 0. The SMILES string of the molecule is C=C/C=C(\C=C/CC=O)N1CCCCCC1. The Balaban J connectivity index is 2.63. The van der Waals surface area contributed by atoms with Gasteiger partial charge in [0.2, 0.25) is 0 Å². The van der Waals surface area contributed by atoms with Crippen LogP contribution in [0.1, 0.15) is 32.1 Å².